The van der Waals surface area contributed by atoms with Crippen LogP contribution in [0, 0.1) is 13.8 Å². The molecule has 0 saturated carbocycles. The Bertz CT molecular complexity index is 655. The first-order valence-corrected chi connectivity index (χ1v) is 9.35. The minimum atomic E-state index is -0.492. The Morgan fingerprint density at radius 1 is 1.12 bits per heavy atom. The van der Waals surface area contributed by atoms with Crippen LogP contribution >= 0.6 is 11.8 Å². The first-order chi connectivity index (χ1) is 11.6. The van der Waals surface area contributed by atoms with Gasteiger partial charge in [-0.3, -0.25) is 4.79 Å². The van der Waals surface area contributed by atoms with Gasteiger partial charge in [-0.15, -0.1) is 0 Å². The van der Waals surface area contributed by atoms with Crippen molar-refractivity contribution in [2.45, 2.75) is 32.6 Å². The molecule has 0 spiro atoms. The van der Waals surface area contributed by atoms with Gasteiger partial charge in [-0.2, -0.15) is 11.8 Å². The standard InChI is InChI=1S/C20H25NO2S/c1-15-8-10-19(11-9-15)23-17(3)20(22)21-12-13-24-14-18-7-5-4-6-16(18)2/h4-11,17H,12-14H2,1-3H3,(H,21,22)/t17-/m0/s1. The molecule has 0 saturated heterocycles. The Kier molecular flexibility index (Phi) is 7.19. The van der Waals surface area contributed by atoms with Gasteiger partial charge >= 0.3 is 0 Å². The number of nitrogens with one attached hydrogen (secondary N) is 1. The molecule has 0 aliphatic rings. The molecule has 24 heavy (non-hydrogen) atoms. The molecule has 4 heteroatoms. The second-order valence-electron chi connectivity index (χ2n) is 5.84. The van der Waals surface area contributed by atoms with Crippen LogP contribution < -0.4 is 10.1 Å². The van der Waals surface area contributed by atoms with Crippen LogP contribution in [-0.4, -0.2) is 24.3 Å². The van der Waals surface area contributed by atoms with Crippen molar-refractivity contribution in [3.05, 3.63) is 65.2 Å². The van der Waals surface area contributed by atoms with E-state index in [1.54, 1.807) is 6.92 Å². The van der Waals surface area contributed by atoms with Crippen LogP contribution in [0.4, 0.5) is 0 Å². The van der Waals surface area contributed by atoms with Crippen molar-refractivity contribution >= 4 is 17.7 Å². The monoisotopic (exact) mass is 343 g/mol. The topological polar surface area (TPSA) is 38.3 Å². The van der Waals surface area contributed by atoms with Crippen LogP contribution in [0.2, 0.25) is 0 Å². The Labute approximate surface area is 148 Å². The highest BCUT2D eigenvalue weighted by Crippen LogP contribution is 2.15. The Hall–Kier alpha value is -1.94. The number of thioether (sulfide) groups is 1. The van der Waals surface area contributed by atoms with Crippen molar-refractivity contribution in [3.8, 4) is 5.75 Å². The molecule has 1 amide bonds. The van der Waals surface area contributed by atoms with Crippen molar-refractivity contribution in [3.63, 3.8) is 0 Å². The van der Waals surface area contributed by atoms with Gasteiger partial charge in [0.2, 0.25) is 0 Å². The molecule has 128 valence electrons. The van der Waals surface area contributed by atoms with Crippen LogP contribution in [-0.2, 0) is 10.5 Å². The normalized spacial score (nSPS) is 11.8. The molecular weight excluding hydrogens is 318 g/mol. The van der Waals surface area contributed by atoms with Gasteiger partial charge in [-0.25, -0.2) is 0 Å². The number of carbonyl (C=O) groups excluding carboxylic acids is 1. The molecule has 0 heterocycles. The zero-order chi connectivity index (χ0) is 17.4. The van der Waals surface area contributed by atoms with Gasteiger partial charge in [0.1, 0.15) is 5.75 Å². The summed E-state index contributed by atoms with van der Waals surface area (Å²) in [5.41, 5.74) is 3.84. The fourth-order valence-corrected chi connectivity index (χ4v) is 3.15. The Morgan fingerprint density at radius 3 is 2.54 bits per heavy atom. The number of rotatable bonds is 8. The lowest BCUT2D eigenvalue weighted by atomic mass is 10.1. The van der Waals surface area contributed by atoms with Gasteiger partial charge in [-0.05, 0) is 44.0 Å². The van der Waals surface area contributed by atoms with E-state index in [2.05, 4.69) is 36.5 Å². The molecular formula is C20H25NO2S. The first-order valence-electron chi connectivity index (χ1n) is 8.19. The van der Waals surface area contributed by atoms with Crippen molar-refractivity contribution in [1.29, 1.82) is 0 Å². The molecule has 1 N–H and O–H groups in total. The first kappa shape index (κ1) is 18.4. The van der Waals surface area contributed by atoms with Crippen LogP contribution in [0.3, 0.4) is 0 Å². The maximum absolute atomic E-state index is 12.1. The Balaban J connectivity index is 1.65. The third-order valence-corrected chi connectivity index (χ3v) is 4.78. The summed E-state index contributed by atoms with van der Waals surface area (Å²) in [5, 5.41) is 2.93. The van der Waals surface area contributed by atoms with E-state index in [-0.39, 0.29) is 5.91 Å². The summed E-state index contributed by atoms with van der Waals surface area (Å²) in [6, 6.07) is 16.1. The summed E-state index contributed by atoms with van der Waals surface area (Å²) < 4.78 is 5.65. The highest BCUT2D eigenvalue weighted by atomic mass is 32.2. The van der Waals surface area contributed by atoms with Gasteiger partial charge in [0, 0.05) is 18.1 Å². The average molecular weight is 343 g/mol. The largest absolute Gasteiger partial charge is 0.481 e. The maximum atomic E-state index is 12.1. The minimum absolute atomic E-state index is 0.0768. The van der Waals surface area contributed by atoms with Gasteiger partial charge < -0.3 is 10.1 Å². The zero-order valence-corrected chi connectivity index (χ0v) is 15.4. The van der Waals surface area contributed by atoms with Crippen LogP contribution in [0.1, 0.15) is 23.6 Å². The van der Waals surface area contributed by atoms with E-state index in [9.17, 15) is 4.79 Å². The number of carbonyl (C=O) groups is 1. The molecule has 0 aliphatic heterocycles. The van der Waals surface area contributed by atoms with E-state index >= 15 is 0 Å². The van der Waals surface area contributed by atoms with Gasteiger partial charge in [0.25, 0.3) is 5.91 Å². The smallest absolute Gasteiger partial charge is 0.260 e. The lowest BCUT2D eigenvalue weighted by Gasteiger charge is -2.15. The Morgan fingerprint density at radius 2 is 1.83 bits per heavy atom. The molecule has 2 aromatic carbocycles. The average Bonchev–Trinajstić information content (AvgIpc) is 2.58. The van der Waals surface area contributed by atoms with E-state index in [1.165, 1.54) is 16.7 Å². The molecule has 0 bridgehead atoms. The van der Waals surface area contributed by atoms with E-state index in [0.29, 0.717) is 6.54 Å². The highest BCUT2D eigenvalue weighted by Gasteiger charge is 2.13. The van der Waals surface area contributed by atoms with E-state index < -0.39 is 6.10 Å². The van der Waals surface area contributed by atoms with Crippen molar-refractivity contribution in [2.75, 3.05) is 12.3 Å². The number of benzene rings is 2. The van der Waals surface area contributed by atoms with Crippen LogP contribution in [0.5, 0.6) is 5.75 Å². The molecule has 0 unspecified atom stereocenters. The van der Waals surface area contributed by atoms with Crippen LogP contribution in [0.15, 0.2) is 48.5 Å². The van der Waals surface area contributed by atoms with E-state index in [4.69, 9.17) is 4.74 Å². The fraction of sp³-hybridized carbons (Fsp3) is 0.350. The van der Waals surface area contributed by atoms with Crippen molar-refractivity contribution in [2.24, 2.45) is 0 Å². The number of aryl methyl sites for hydroxylation is 2. The number of hydrogen-bond donors (Lipinski definition) is 1. The summed E-state index contributed by atoms with van der Waals surface area (Å²) in [4.78, 5) is 12.1. The molecule has 3 nitrogen and oxygen atoms in total. The van der Waals surface area contributed by atoms with Gasteiger partial charge in [0.05, 0.1) is 0 Å². The van der Waals surface area contributed by atoms with Gasteiger partial charge in [0.15, 0.2) is 6.10 Å². The summed E-state index contributed by atoms with van der Waals surface area (Å²) >= 11 is 1.82. The third-order valence-electron chi connectivity index (χ3n) is 3.77. The predicted molar refractivity (Wildman–Crippen MR) is 102 cm³/mol. The number of hydrogen-bond acceptors (Lipinski definition) is 3. The minimum Gasteiger partial charge on any atom is -0.481 e. The summed E-state index contributed by atoms with van der Waals surface area (Å²) in [6.07, 6.45) is -0.492. The molecule has 1 atom stereocenters. The molecule has 0 radical (unpaired) electrons. The molecule has 0 aliphatic carbocycles. The molecule has 0 aromatic heterocycles. The SMILES string of the molecule is Cc1ccc(O[C@@H](C)C(=O)NCCSCc2ccccc2C)cc1. The van der Waals surface area contributed by atoms with E-state index in [0.717, 1.165) is 17.3 Å². The maximum Gasteiger partial charge on any atom is 0.260 e. The highest BCUT2D eigenvalue weighted by molar-refractivity contribution is 7.98. The summed E-state index contributed by atoms with van der Waals surface area (Å²) in [6.45, 7) is 6.57. The lowest BCUT2D eigenvalue weighted by molar-refractivity contribution is -0.127. The lowest BCUT2D eigenvalue weighted by Crippen LogP contribution is -2.37. The van der Waals surface area contributed by atoms with E-state index in [1.807, 2.05) is 43.0 Å². The zero-order valence-electron chi connectivity index (χ0n) is 14.5. The third kappa shape index (κ3) is 5.93. The van der Waals surface area contributed by atoms with Crippen molar-refractivity contribution in [1.82, 2.24) is 5.32 Å². The number of amides is 1. The second kappa shape index (κ2) is 9.38. The van der Waals surface area contributed by atoms with Crippen molar-refractivity contribution < 1.29 is 9.53 Å². The summed E-state index contributed by atoms with van der Waals surface area (Å²) in [7, 11) is 0. The molecule has 2 aromatic rings. The van der Waals surface area contributed by atoms with Gasteiger partial charge in [-0.1, -0.05) is 42.0 Å². The van der Waals surface area contributed by atoms with Crippen LogP contribution in [0.25, 0.3) is 0 Å². The number of ether oxygens (including phenoxy) is 1. The second-order valence-corrected chi connectivity index (χ2v) is 6.95. The fourth-order valence-electron chi connectivity index (χ4n) is 2.22. The summed E-state index contributed by atoms with van der Waals surface area (Å²) in [5.74, 6) is 2.50. The molecule has 0 fully saturated rings. The quantitative estimate of drug-likeness (QED) is 0.733. The molecule has 2 rings (SSSR count). The predicted octanol–water partition coefficient (Wildman–Crippen LogP) is 4.12.